The van der Waals surface area contributed by atoms with Gasteiger partial charge in [0.2, 0.25) is 0 Å². The molecule has 1 amide bonds. The van der Waals surface area contributed by atoms with Gasteiger partial charge >= 0.3 is 0 Å². The number of rotatable bonds is 2. The summed E-state index contributed by atoms with van der Waals surface area (Å²) in [6, 6.07) is 7.27. The Bertz CT molecular complexity index is 374. The zero-order valence-electron chi connectivity index (χ0n) is 9.22. The van der Waals surface area contributed by atoms with Crippen LogP contribution in [-0.2, 0) is 4.79 Å². The molecule has 1 aromatic carbocycles. The molecule has 0 saturated carbocycles. The molecule has 4 heteroatoms. The third-order valence-corrected chi connectivity index (χ3v) is 2.79. The summed E-state index contributed by atoms with van der Waals surface area (Å²) in [7, 11) is 1.60. The summed E-state index contributed by atoms with van der Waals surface area (Å²) in [5.74, 6) is 0.546. The summed E-state index contributed by atoms with van der Waals surface area (Å²) in [5, 5.41) is 9.49. The number of anilines is 1. The molecule has 0 bridgehead atoms. The Kier molecular flexibility index (Phi) is 3.10. The highest BCUT2D eigenvalue weighted by Gasteiger charge is 2.27. The molecular formula is C12H15NO3. The van der Waals surface area contributed by atoms with Crippen molar-refractivity contribution in [2.45, 2.75) is 18.9 Å². The van der Waals surface area contributed by atoms with Gasteiger partial charge in [0.1, 0.15) is 11.9 Å². The van der Waals surface area contributed by atoms with E-state index in [9.17, 15) is 9.90 Å². The molecule has 1 fully saturated rings. The molecule has 1 heterocycles. The Hall–Kier alpha value is -1.55. The average molecular weight is 221 g/mol. The van der Waals surface area contributed by atoms with Gasteiger partial charge in [0.25, 0.3) is 5.91 Å². The van der Waals surface area contributed by atoms with Crippen LogP contribution in [0.25, 0.3) is 0 Å². The Labute approximate surface area is 94.4 Å². The fraction of sp³-hybridized carbons (Fsp3) is 0.417. The van der Waals surface area contributed by atoms with Crippen LogP contribution in [0.15, 0.2) is 24.3 Å². The number of piperidine rings is 1. The predicted molar refractivity (Wildman–Crippen MR) is 60.6 cm³/mol. The highest BCUT2D eigenvalue weighted by atomic mass is 16.5. The Morgan fingerprint density at radius 2 is 2.06 bits per heavy atom. The molecule has 2 rings (SSSR count). The van der Waals surface area contributed by atoms with E-state index in [4.69, 9.17) is 4.74 Å². The molecule has 0 aromatic heterocycles. The second kappa shape index (κ2) is 4.53. The molecule has 4 nitrogen and oxygen atoms in total. The minimum Gasteiger partial charge on any atom is -0.497 e. The summed E-state index contributed by atoms with van der Waals surface area (Å²) in [6.07, 6.45) is 0.542. The minimum absolute atomic E-state index is 0.212. The van der Waals surface area contributed by atoms with Crippen molar-refractivity contribution in [3.05, 3.63) is 24.3 Å². The largest absolute Gasteiger partial charge is 0.497 e. The molecule has 1 aromatic rings. The van der Waals surface area contributed by atoms with Gasteiger partial charge in [-0.25, -0.2) is 0 Å². The fourth-order valence-corrected chi connectivity index (χ4v) is 1.87. The van der Waals surface area contributed by atoms with Crippen molar-refractivity contribution in [1.29, 1.82) is 0 Å². The van der Waals surface area contributed by atoms with Gasteiger partial charge in [0.05, 0.1) is 7.11 Å². The van der Waals surface area contributed by atoms with E-state index in [1.165, 1.54) is 0 Å². The molecule has 0 spiro atoms. The lowest BCUT2D eigenvalue weighted by Gasteiger charge is -2.29. The van der Waals surface area contributed by atoms with Crippen LogP contribution in [0.4, 0.5) is 5.69 Å². The van der Waals surface area contributed by atoms with E-state index in [0.29, 0.717) is 13.0 Å². The van der Waals surface area contributed by atoms with E-state index < -0.39 is 6.10 Å². The van der Waals surface area contributed by atoms with Gasteiger partial charge in [0.15, 0.2) is 0 Å². The summed E-state index contributed by atoms with van der Waals surface area (Å²) >= 11 is 0. The maximum Gasteiger partial charge on any atom is 0.255 e. The van der Waals surface area contributed by atoms with Gasteiger partial charge in [-0.2, -0.15) is 0 Å². The van der Waals surface area contributed by atoms with Crippen LogP contribution in [0, 0.1) is 0 Å². The highest BCUT2D eigenvalue weighted by molar-refractivity contribution is 5.97. The number of aliphatic hydroxyl groups excluding tert-OH is 1. The third-order valence-electron chi connectivity index (χ3n) is 2.79. The molecular weight excluding hydrogens is 206 g/mol. The normalized spacial score (nSPS) is 21.0. The first-order valence-electron chi connectivity index (χ1n) is 5.36. The number of nitrogens with zero attached hydrogens (tertiary/aromatic N) is 1. The number of hydrogen-bond donors (Lipinski definition) is 1. The Morgan fingerprint density at radius 1 is 1.38 bits per heavy atom. The molecule has 1 N–H and O–H groups in total. The van der Waals surface area contributed by atoms with Crippen LogP contribution in [0.3, 0.4) is 0 Å². The fourth-order valence-electron chi connectivity index (χ4n) is 1.87. The smallest absolute Gasteiger partial charge is 0.255 e. The van der Waals surface area contributed by atoms with Crippen LogP contribution in [0.5, 0.6) is 5.75 Å². The number of aliphatic hydroxyl groups is 1. The number of amides is 1. The number of hydrogen-bond acceptors (Lipinski definition) is 3. The van der Waals surface area contributed by atoms with E-state index in [-0.39, 0.29) is 5.91 Å². The lowest BCUT2D eigenvalue weighted by atomic mass is 10.1. The first-order valence-corrected chi connectivity index (χ1v) is 5.36. The minimum atomic E-state index is -0.851. The summed E-state index contributed by atoms with van der Waals surface area (Å²) < 4.78 is 5.05. The van der Waals surface area contributed by atoms with E-state index in [0.717, 1.165) is 17.9 Å². The van der Waals surface area contributed by atoms with Crippen molar-refractivity contribution in [1.82, 2.24) is 0 Å². The Balaban J connectivity index is 2.19. The van der Waals surface area contributed by atoms with Crippen LogP contribution in [0.2, 0.25) is 0 Å². The molecule has 1 atom stereocenters. The molecule has 86 valence electrons. The van der Waals surface area contributed by atoms with Crippen molar-refractivity contribution in [3.8, 4) is 5.75 Å². The van der Waals surface area contributed by atoms with Crippen molar-refractivity contribution >= 4 is 11.6 Å². The second-order valence-corrected chi connectivity index (χ2v) is 3.85. The number of benzene rings is 1. The monoisotopic (exact) mass is 221 g/mol. The number of carbonyl (C=O) groups is 1. The third kappa shape index (κ3) is 2.02. The van der Waals surface area contributed by atoms with Crippen molar-refractivity contribution < 1.29 is 14.6 Å². The van der Waals surface area contributed by atoms with Crippen LogP contribution in [0.1, 0.15) is 12.8 Å². The SMILES string of the molecule is COc1ccc(N2CCCC(O)C2=O)cc1. The van der Waals surface area contributed by atoms with Crippen molar-refractivity contribution in [2.75, 3.05) is 18.6 Å². The molecule has 16 heavy (non-hydrogen) atoms. The van der Waals surface area contributed by atoms with Gasteiger partial charge in [-0.1, -0.05) is 0 Å². The molecule has 1 unspecified atom stereocenters. The van der Waals surface area contributed by atoms with Gasteiger partial charge in [0, 0.05) is 12.2 Å². The molecule has 1 saturated heterocycles. The van der Waals surface area contributed by atoms with E-state index >= 15 is 0 Å². The van der Waals surface area contributed by atoms with Gasteiger partial charge in [-0.15, -0.1) is 0 Å². The average Bonchev–Trinajstić information content (AvgIpc) is 2.33. The topological polar surface area (TPSA) is 49.8 Å². The lowest BCUT2D eigenvalue weighted by molar-refractivity contribution is -0.128. The number of carbonyl (C=O) groups excluding carboxylic acids is 1. The zero-order valence-corrected chi connectivity index (χ0v) is 9.22. The molecule has 1 aliphatic heterocycles. The standard InChI is InChI=1S/C12H15NO3/c1-16-10-6-4-9(5-7-10)13-8-2-3-11(14)12(13)15/h4-7,11,14H,2-3,8H2,1H3. The quantitative estimate of drug-likeness (QED) is 0.816. The van der Waals surface area contributed by atoms with Gasteiger partial charge < -0.3 is 14.7 Å². The van der Waals surface area contributed by atoms with Crippen LogP contribution in [-0.4, -0.2) is 30.8 Å². The first kappa shape index (κ1) is 11.0. The highest BCUT2D eigenvalue weighted by Crippen LogP contribution is 2.23. The maximum atomic E-state index is 11.7. The van der Waals surface area contributed by atoms with Crippen molar-refractivity contribution in [3.63, 3.8) is 0 Å². The molecule has 0 radical (unpaired) electrons. The van der Waals surface area contributed by atoms with Crippen LogP contribution < -0.4 is 9.64 Å². The number of methoxy groups -OCH3 is 1. The van der Waals surface area contributed by atoms with Gasteiger partial charge in [-0.05, 0) is 37.1 Å². The second-order valence-electron chi connectivity index (χ2n) is 3.85. The van der Waals surface area contributed by atoms with Crippen molar-refractivity contribution in [2.24, 2.45) is 0 Å². The molecule has 1 aliphatic rings. The summed E-state index contributed by atoms with van der Waals surface area (Å²) in [5.41, 5.74) is 0.810. The van der Waals surface area contributed by atoms with Crippen LogP contribution >= 0.6 is 0 Å². The van der Waals surface area contributed by atoms with E-state index in [2.05, 4.69) is 0 Å². The first-order chi connectivity index (χ1) is 7.72. The van der Waals surface area contributed by atoms with E-state index in [1.54, 1.807) is 12.0 Å². The summed E-state index contributed by atoms with van der Waals surface area (Å²) in [4.78, 5) is 13.3. The van der Waals surface area contributed by atoms with E-state index in [1.807, 2.05) is 24.3 Å². The molecule has 0 aliphatic carbocycles. The predicted octanol–water partition coefficient (Wildman–Crippen LogP) is 1.18. The maximum absolute atomic E-state index is 11.7. The summed E-state index contributed by atoms with van der Waals surface area (Å²) in [6.45, 7) is 0.669. The number of ether oxygens (including phenoxy) is 1. The van der Waals surface area contributed by atoms with Gasteiger partial charge in [-0.3, -0.25) is 4.79 Å². The lowest BCUT2D eigenvalue weighted by Crippen LogP contribution is -2.44. The zero-order chi connectivity index (χ0) is 11.5. The Morgan fingerprint density at radius 3 is 2.69 bits per heavy atom.